The fourth-order valence-electron chi connectivity index (χ4n) is 2.32. The van der Waals surface area contributed by atoms with Gasteiger partial charge < -0.3 is 10.2 Å². The SMILES string of the molecule is C=CCN(C)CC1Cc2ccccc2CN1. The molecule has 86 valence electrons. The number of hydrogen-bond acceptors (Lipinski definition) is 2. The molecule has 2 heteroatoms. The van der Waals surface area contributed by atoms with E-state index in [0.717, 1.165) is 26.1 Å². The maximum absolute atomic E-state index is 3.77. The Morgan fingerprint density at radius 3 is 2.94 bits per heavy atom. The zero-order valence-corrected chi connectivity index (χ0v) is 9.95. The molecular formula is C14H20N2. The fraction of sp³-hybridized carbons (Fsp3) is 0.429. The zero-order valence-electron chi connectivity index (χ0n) is 9.95. The molecule has 0 radical (unpaired) electrons. The molecule has 1 heterocycles. The molecule has 0 saturated heterocycles. The first kappa shape index (κ1) is 11.4. The molecule has 0 aromatic heterocycles. The van der Waals surface area contributed by atoms with E-state index in [4.69, 9.17) is 0 Å². The third-order valence-corrected chi connectivity index (χ3v) is 3.14. The van der Waals surface area contributed by atoms with Crippen LogP contribution in [0.25, 0.3) is 0 Å². The van der Waals surface area contributed by atoms with Crippen molar-refractivity contribution >= 4 is 0 Å². The normalized spacial score (nSPS) is 19.5. The second kappa shape index (κ2) is 5.28. The second-order valence-corrected chi connectivity index (χ2v) is 4.56. The quantitative estimate of drug-likeness (QED) is 0.772. The van der Waals surface area contributed by atoms with Crippen LogP contribution in [0.15, 0.2) is 36.9 Å². The number of nitrogens with zero attached hydrogens (tertiary/aromatic N) is 1. The molecule has 1 aliphatic heterocycles. The van der Waals surface area contributed by atoms with Crippen LogP contribution in [-0.4, -0.2) is 31.1 Å². The van der Waals surface area contributed by atoms with E-state index in [0.29, 0.717) is 6.04 Å². The first-order valence-corrected chi connectivity index (χ1v) is 5.89. The summed E-state index contributed by atoms with van der Waals surface area (Å²) in [5.41, 5.74) is 2.95. The van der Waals surface area contributed by atoms with E-state index in [1.807, 2.05) is 6.08 Å². The summed E-state index contributed by atoms with van der Waals surface area (Å²) in [6, 6.07) is 9.28. The summed E-state index contributed by atoms with van der Waals surface area (Å²) in [6.45, 7) is 6.81. The van der Waals surface area contributed by atoms with E-state index in [2.05, 4.69) is 48.1 Å². The highest BCUT2D eigenvalue weighted by molar-refractivity contribution is 5.29. The second-order valence-electron chi connectivity index (χ2n) is 4.56. The molecule has 1 aliphatic rings. The van der Waals surface area contributed by atoms with Gasteiger partial charge in [-0.3, -0.25) is 0 Å². The average molecular weight is 216 g/mol. The molecule has 0 bridgehead atoms. The lowest BCUT2D eigenvalue weighted by atomic mass is 9.96. The number of fused-ring (bicyclic) bond motifs is 1. The number of nitrogens with one attached hydrogen (secondary N) is 1. The summed E-state index contributed by atoms with van der Waals surface area (Å²) in [5.74, 6) is 0. The van der Waals surface area contributed by atoms with Gasteiger partial charge in [0, 0.05) is 25.7 Å². The molecule has 0 fully saturated rings. The smallest absolute Gasteiger partial charge is 0.0238 e. The van der Waals surface area contributed by atoms with Gasteiger partial charge in [0.25, 0.3) is 0 Å². The van der Waals surface area contributed by atoms with E-state index >= 15 is 0 Å². The molecule has 0 aliphatic carbocycles. The molecule has 1 atom stereocenters. The summed E-state index contributed by atoms with van der Waals surface area (Å²) in [5, 5.41) is 3.59. The average Bonchev–Trinajstić information content (AvgIpc) is 2.29. The minimum atomic E-state index is 0.569. The van der Waals surface area contributed by atoms with Crippen LogP contribution in [0.2, 0.25) is 0 Å². The molecule has 1 aromatic rings. The van der Waals surface area contributed by atoms with Crippen LogP contribution >= 0.6 is 0 Å². The minimum absolute atomic E-state index is 0.569. The Morgan fingerprint density at radius 2 is 2.19 bits per heavy atom. The van der Waals surface area contributed by atoms with Crippen molar-refractivity contribution in [2.75, 3.05) is 20.1 Å². The van der Waals surface area contributed by atoms with Crippen molar-refractivity contribution in [3.63, 3.8) is 0 Å². The van der Waals surface area contributed by atoms with Gasteiger partial charge in [-0.1, -0.05) is 30.3 Å². The Kier molecular flexibility index (Phi) is 3.75. The van der Waals surface area contributed by atoms with Crippen LogP contribution in [0, 0.1) is 0 Å². The van der Waals surface area contributed by atoms with E-state index in [9.17, 15) is 0 Å². The predicted octanol–water partition coefficient (Wildman–Crippen LogP) is 1.82. The fourth-order valence-corrected chi connectivity index (χ4v) is 2.32. The molecule has 0 amide bonds. The zero-order chi connectivity index (χ0) is 11.4. The van der Waals surface area contributed by atoms with Gasteiger partial charge in [-0.2, -0.15) is 0 Å². The van der Waals surface area contributed by atoms with Crippen molar-refractivity contribution in [1.82, 2.24) is 10.2 Å². The summed E-state index contributed by atoms with van der Waals surface area (Å²) in [6.07, 6.45) is 3.09. The van der Waals surface area contributed by atoms with Crippen LogP contribution in [0.3, 0.4) is 0 Å². The van der Waals surface area contributed by atoms with Crippen molar-refractivity contribution < 1.29 is 0 Å². The number of benzene rings is 1. The van der Waals surface area contributed by atoms with Crippen LogP contribution < -0.4 is 5.32 Å². The highest BCUT2D eigenvalue weighted by Gasteiger charge is 2.18. The Balaban J connectivity index is 1.95. The lowest BCUT2D eigenvalue weighted by molar-refractivity contribution is 0.303. The van der Waals surface area contributed by atoms with Crippen molar-refractivity contribution in [3.8, 4) is 0 Å². The van der Waals surface area contributed by atoms with E-state index in [1.54, 1.807) is 0 Å². The highest BCUT2D eigenvalue weighted by atomic mass is 15.1. The first-order valence-electron chi connectivity index (χ1n) is 5.89. The van der Waals surface area contributed by atoms with E-state index in [1.165, 1.54) is 11.1 Å². The third-order valence-electron chi connectivity index (χ3n) is 3.14. The molecule has 16 heavy (non-hydrogen) atoms. The molecule has 2 nitrogen and oxygen atoms in total. The molecule has 2 rings (SSSR count). The van der Waals surface area contributed by atoms with Crippen LogP contribution in [0.1, 0.15) is 11.1 Å². The summed E-state index contributed by atoms with van der Waals surface area (Å²) in [4.78, 5) is 2.30. The monoisotopic (exact) mass is 216 g/mol. The Bertz CT molecular complexity index is 360. The van der Waals surface area contributed by atoms with Gasteiger partial charge in [-0.25, -0.2) is 0 Å². The summed E-state index contributed by atoms with van der Waals surface area (Å²) < 4.78 is 0. The maximum atomic E-state index is 3.77. The van der Waals surface area contributed by atoms with Gasteiger partial charge in [-0.15, -0.1) is 6.58 Å². The van der Waals surface area contributed by atoms with Crippen molar-refractivity contribution in [2.45, 2.75) is 19.0 Å². The van der Waals surface area contributed by atoms with Gasteiger partial charge >= 0.3 is 0 Å². The molecule has 1 aromatic carbocycles. The lowest BCUT2D eigenvalue weighted by Crippen LogP contribution is -2.43. The third kappa shape index (κ3) is 2.71. The maximum Gasteiger partial charge on any atom is 0.0238 e. The highest BCUT2D eigenvalue weighted by Crippen LogP contribution is 2.16. The van der Waals surface area contributed by atoms with Crippen molar-refractivity contribution in [1.29, 1.82) is 0 Å². The van der Waals surface area contributed by atoms with Crippen LogP contribution in [-0.2, 0) is 13.0 Å². The minimum Gasteiger partial charge on any atom is -0.308 e. The molecule has 1 unspecified atom stereocenters. The van der Waals surface area contributed by atoms with Gasteiger partial charge in [0.15, 0.2) is 0 Å². The molecule has 0 spiro atoms. The van der Waals surface area contributed by atoms with Gasteiger partial charge in [0.1, 0.15) is 0 Å². The Hall–Kier alpha value is -1.12. The predicted molar refractivity (Wildman–Crippen MR) is 68.5 cm³/mol. The van der Waals surface area contributed by atoms with Gasteiger partial charge in [0.2, 0.25) is 0 Å². The van der Waals surface area contributed by atoms with E-state index in [-0.39, 0.29) is 0 Å². The van der Waals surface area contributed by atoms with Crippen molar-refractivity contribution in [2.24, 2.45) is 0 Å². The van der Waals surface area contributed by atoms with Crippen LogP contribution in [0.4, 0.5) is 0 Å². The van der Waals surface area contributed by atoms with Gasteiger partial charge in [-0.05, 0) is 24.6 Å². The summed E-state index contributed by atoms with van der Waals surface area (Å²) >= 11 is 0. The number of rotatable bonds is 4. The largest absolute Gasteiger partial charge is 0.308 e. The number of hydrogen-bond donors (Lipinski definition) is 1. The lowest BCUT2D eigenvalue weighted by Gasteiger charge is -2.29. The summed E-state index contributed by atoms with van der Waals surface area (Å²) in [7, 11) is 2.14. The number of likely N-dealkylation sites (N-methyl/N-ethyl adjacent to an activating group) is 1. The molecule has 1 N–H and O–H groups in total. The Morgan fingerprint density at radius 1 is 1.44 bits per heavy atom. The molecule has 0 saturated carbocycles. The van der Waals surface area contributed by atoms with Crippen LogP contribution in [0.5, 0.6) is 0 Å². The standard InChI is InChI=1S/C14H20N2/c1-3-8-16(2)11-14-9-12-6-4-5-7-13(12)10-15-14/h3-7,14-15H,1,8-11H2,2H3. The molecular weight excluding hydrogens is 196 g/mol. The Labute approximate surface area is 98.0 Å². The van der Waals surface area contributed by atoms with Gasteiger partial charge in [0.05, 0.1) is 0 Å². The topological polar surface area (TPSA) is 15.3 Å². The van der Waals surface area contributed by atoms with E-state index < -0.39 is 0 Å². The first-order chi connectivity index (χ1) is 7.79. The van der Waals surface area contributed by atoms with Crippen molar-refractivity contribution in [3.05, 3.63) is 48.0 Å².